The monoisotopic (exact) mass is 212 g/mol. The summed E-state index contributed by atoms with van der Waals surface area (Å²) < 4.78 is 11.5. The molecule has 0 aromatic carbocycles. The second-order valence-corrected chi connectivity index (χ2v) is 3.07. The van der Waals surface area contributed by atoms with Crippen LogP contribution >= 0.6 is 0 Å². The van der Waals surface area contributed by atoms with E-state index in [1.807, 2.05) is 5.10 Å². The van der Waals surface area contributed by atoms with E-state index in [0.717, 1.165) is 4.57 Å². The molecule has 7 heteroatoms. The van der Waals surface area contributed by atoms with Crippen LogP contribution in [-0.2, 0) is 16.0 Å². The van der Waals surface area contributed by atoms with Crippen molar-refractivity contribution in [3.8, 4) is 0 Å². The first-order valence-electron chi connectivity index (χ1n) is 4.58. The predicted molar refractivity (Wildman–Crippen MR) is 48.3 cm³/mol. The minimum absolute atomic E-state index is 0.301. The van der Waals surface area contributed by atoms with Crippen molar-refractivity contribution in [1.82, 2.24) is 14.8 Å². The fourth-order valence-corrected chi connectivity index (χ4v) is 1.31. The van der Waals surface area contributed by atoms with Crippen LogP contribution in [-0.4, -0.2) is 34.3 Å². The number of nitrogens with one attached hydrogen (secondary N) is 1. The first-order chi connectivity index (χ1) is 7.27. The number of aromatic nitrogens is 3. The van der Waals surface area contributed by atoms with E-state index in [2.05, 4.69) is 11.4 Å². The van der Waals surface area contributed by atoms with Crippen LogP contribution in [0.1, 0.15) is 6.42 Å². The van der Waals surface area contributed by atoms with E-state index in [9.17, 15) is 9.59 Å². The Morgan fingerprint density at radius 1 is 1.47 bits per heavy atom. The Morgan fingerprint density at radius 2 is 2.20 bits per heavy atom. The molecule has 0 unspecified atom stereocenters. The Kier molecular flexibility index (Phi) is 2.93. The van der Waals surface area contributed by atoms with Gasteiger partial charge in [-0.1, -0.05) is 0 Å². The van der Waals surface area contributed by atoms with Crippen molar-refractivity contribution >= 4 is 0 Å². The molecular formula is C8H10N3O4. The van der Waals surface area contributed by atoms with Gasteiger partial charge in [-0.2, -0.15) is 5.10 Å². The molecule has 1 fully saturated rings. The number of rotatable bonds is 3. The van der Waals surface area contributed by atoms with Crippen molar-refractivity contribution in [3.05, 3.63) is 27.0 Å². The van der Waals surface area contributed by atoms with E-state index in [1.165, 1.54) is 0 Å². The summed E-state index contributed by atoms with van der Waals surface area (Å²) >= 11 is 0. The van der Waals surface area contributed by atoms with E-state index < -0.39 is 11.1 Å². The number of nitrogens with zero attached hydrogens (tertiary/aromatic N) is 2. The molecule has 1 radical (unpaired) electrons. The number of hydrogen-bond donors (Lipinski definition) is 1. The maximum Gasteiger partial charge on any atom is 0.330 e. The molecule has 7 nitrogen and oxygen atoms in total. The fourth-order valence-electron chi connectivity index (χ4n) is 1.31. The number of aromatic amines is 1. The number of H-pyrrole nitrogens is 1. The van der Waals surface area contributed by atoms with E-state index in [0.29, 0.717) is 26.2 Å². The minimum Gasteiger partial charge on any atom is -0.350 e. The van der Waals surface area contributed by atoms with Gasteiger partial charge in [-0.05, 0) is 0 Å². The van der Waals surface area contributed by atoms with Crippen molar-refractivity contribution in [2.45, 2.75) is 19.3 Å². The Balaban J connectivity index is 2.01. The molecule has 2 rings (SSSR count). The molecule has 0 amide bonds. The zero-order chi connectivity index (χ0) is 10.7. The van der Waals surface area contributed by atoms with Gasteiger partial charge in [0.25, 0.3) is 0 Å². The van der Waals surface area contributed by atoms with Crippen LogP contribution in [0.3, 0.4) is 0 Å². The van der Waals surface area contributed by atoms with Crippen LogP contribution in [0.15, 0.2) is 9.59 Å². The Labute approximate surface area is 84.6 Å². The van der Waals surface area contributed by atoms with Crippen molar-refractivity contribution < 1.29 is 9.47 Å². The van der Waals surface area contributed by atoms with Crippen LogP contribution in [0.4, 0.5) is 0 Å². The SMILES string of the molecule is O=c1[nH]n[c]n(CCC2OCCO2)c1=O. The number of aryl methyl sites for hydroxylation is 1. The summed E-state index contributed by atoms with van der Waals surface area (Å²) in [6, 6.07) is 0. The van der Waals surface area contributed by atoms with Gasteiger partial charge in [0.15, 0.2) is 6.29 Å². The Bertz CT molecular complexity index is 432. The van der Waals surface area contributed by atoms with Gasteiger partial charge >= 0.3 is 11.1 Å². The van der Waals surface area contributed by atoms with Crippen molar-refractivity contribution in [2.75, 3.05) is 13.2 Å². The zero-order valence-corrected chi connectivity index (χ0v) is 7.93. The normalized spacial score (nSPS) is 17.1. The van der Waals surface area contributed by atoms with Crippen LogP contribution in [0.2, 0.25) is 0 Å². The third-order valence-corrected chi connectivity index (χ3v) is 2.05. The minimum atomic E-state index is -0.748. The van der Waals surface area contributed by atoms with Gasteiger partial charge in [0, 0.05) is 13.0 Å². The summed E-state index contributed by atoms with van der Waals surface area (Å²) in [7, 11) is 0. The molecule has 81 valence electrons. The van der Waals surface area contributed by atoms with Crippen LogP contribution in [0.5, 0.6) is 0 Å². The molecule has 1 aliphatic heterocycles. The van der Waals surface area contributed by atoms with Crippen molar-refractivity contribution in [2.24, 2.45) is 0 Å². The van der Waals surface area contributed by atoms with Gasteiger partial charge in [-0.15, -0.1) is 0 Å². The lowest BCUT2D eigenvalue weighted by molar-refractivity contribution is -0.0493. The molecule has 1 aliphatic rings. The van der Waals surface area contributed by atoms with Crippen molar-refractivity contribution in [1.29, 1.82) is 0 Å². The lowest BCUT2D eigenvalue weighted by Gasteiger charge is -2.08. The van der Waals surface area contributed by atoms with E-state index in [1.54, 1.807) is 0 Å². The lowest BCUT2D eigenvalue weighted by Crippen LogP contribution is -2.37. The topological polar surface area (TPSA) is 86.2 Å². The van der Waals surface area contributed by atoms with Crippen LogP contribution in [0.25, 0.3) is 0 Å². The summed E-state index contributed by atoms with van der Waals surface area (Å²) in [6.45, 7) is 1.44. The quantitative estimate of drug-likeness (QED) is 0.616. The van der Waals surface area contributed by atoms with Gasteiger partial charge in [0.05, 0.1) is 13.2 Å². The van der Waals surface area contributed by atoms with E-state index in [4.69, 9.17) is 9.47 Å². The molecule has 15 heavy (non-hydrogen) atoms. The van der Waals surface area contributed by atoms with E-state index >= 15 is 0 Å². The Hall–Kier alpha value is -1.47. The molecule has 0 atom stereocenters. The molecule has 1 aromatic heterocycles. The fraction of sp³-hybridized carbons (Fsp3) is 0.625. The lowest BCUT2D eigenvalue weighted by atomic mass is 10.4. The summed E-state index contributed by atoms with van der Waals surface area (Å²) in [5, 5.41) is 5.42. The molecular weight excluding hydrogens is 202 g/mol. The highest BCUT2D eigenvalue weighted by molar-refractivity contribution is 4.73. The first kappa shape index (κ1) is 10.1. The highest BCUT2D eigenvalue weighted by atomic mass is 16.7. The van der Waals surface area contributed by atoms with Gasteiger partial charge in [-0.25, -0.2) is 5.10 Å². The first-order valence-corrected chi connectivity index (χ1v) is 4.58. The smallest absolute Gasteiger partial charge is 0.330 e. The standard InChI is InChI=1S/C8H10N3O4/c12-7-8(13)11(5-9-10-7)2-1-6-14-3-4-15-6/h6H,1-4H2,(H,10,12). The maximum absolute atomic E-state index is 11.2. The highest BCUT2D eigenvalue weighted by Crippen LogP contribution is 2.07. The summed E-state index contributed by atoms with van der Waals surface area (Å²) in [6.07, 6.45) is 2.59. The van der Waals surface area contributed by atoms with Gasteiger partial charge in [0.1, 0.15) is 0 Å². The zero-order valence-electron chi connectivity index (χ0n) is 7.93. The average molecular weight is 212 g/mol. The highest BCUT2D eigenvalue weighted by Gasteiger charge is 2.15. The third kappa shape index (κ3) is 2.31. The average Bonchev–Trinajstić information content (AvgIpc) is 2.73. The van der Waals surface area contributed by atoms with Crippen molar-refractivity contribution in [3.63, 3.8) is 0 Å². The Morgan fingerprint density at radius 3 is 2.93 bits per heavy atom. The van der Waals surface area contributed by atoms with Gasteiger partial charge in [0.2, 0.25) is 6.33 Å². The van der Waals surface area contributed by atoms with Crippen LogP contribution < -0.4 is 11.1 Å². The summed E-state index contributed by atoms with van der Waals surface area (Å²) in [5.74, 6) is 0. The summed E-state index contributed by atoms with van der Waals surface area (Å²) in [4.78, 5) is 22.1. The van der Waals surface area contributed by atoms with Gasteiger partial charge < -0.3 is 9.47 Å². The second kappa shape index (κ2) is 4.37. The maximum atomic E-state index is 11.2. The van der Waals surface area contributed by atoms with Crippen LogP contribution in [0, 0.1) is 6.33 Å². The molecule has 1 N–H and O–H groups in total. The molecule has 0 bridgehead atoms. The largest absolute Gasteiger partial charge is 0.350 e. The number of hydrogen-bond acceptors (Lipinski definition) is 5. The van der Waals surface area contributed by atoms with E-state index in [-0.39, 0.29) is 6.29 Å². The number of ether oxygens (including phenoxy) is 2. The molecule has 0 saturated carbocycles. The molecule has 1 saturated heterocycles. The summed E-state index contributed by atoms with van der Waals surface area (Å²) in [5.41, 5.74) is -1.41. The predicted octanol–water partition coefficient (Wildman–Crippen LogP) is -1.51. The molecule has 2 heterocycles. The second-order valence-electron chi connectivity index (χ2n) is 3.07. The van der Waals surface area contributed by atoms with Gasteiger partial charge in [-0.3, -0.25) is 14.2 Å². The third-order valence-electron chi connectivity index (χ3n) is 2.05. The molecule has 0 spiro atoms. The molecule has 0 aliphatic carbocycles. The molecule has 1 aromatic rings.